The molecule has 3 nitrogen and oxygen atoms in total. The second-order valence-electron chi connectivity index (χ2n) is 7.43. The van der Waals surface area contributed by atoms with Gasteiger partial charge in [-0.3, -0.25) is 4.79 Å². The van der Waals surface area contributed by atoms with E-state index in [0.29, 0.717) is 6.42 Å². The first-order valence-electron chi connectivity index (χ1n) is 9.97. The minimum Gasteiger partial charge on any atom is -0.354 e. The van der Waals surface area contributed by atoms with Gasteiger partial charge < -0.3 is 9.88 Å². The lowest BCUT2D eigenvalue weighted by Crippen LogP contribution is -2.33. The zero-order chi connectivity index (χ0) is 19.4. The Morgan fingerprint density at radius 3 is 2.44 bits per heavy atom. The summed E-state index contributed by atoms with van der Waals surface area (Å²) < 4.78 is 2.28. The van der Waals surface area contributed by atoms with Gasteiger partial charge in [0.05, 0.1) is 0 Å². The van der Waals surface area contributed by atoms with E-state index < -0.39 is 0 Å². The summed E-state index contributed by atoms with van der Waals surface area (Å²) in [4.78, 5) is 12.7. The van der Waals surface area contributed by atoms with Gasteiger partial charge in [-0.1, -0.05) is 55.0 Å². The van der Waals surface area contributed by atoms with Gasteiger partial charge in [-0.25, -0.2) is 0 Å². The summed E-state index contributed by atoms with van der Waals surface area (Å²) in [5, 5.41) is 4.37. The Bertz CT molecular complexity index is 908. The molecule has 0 fully saturated rings. The number of benzene rings is 2. The second kappa shape index (κ2) is 8.43. The first kappa shape index (κ1) is 19.2. The Kier molecular flexibility index (Phi) is 6.00. The van der Waals surface area contributed by atoms with Crippen molar-refractivity contribution < 1.29 is 4.79 Å². The first-order valence-corrected chi connectivity index (χ1v) is 9.97. The van der Waals surface area contributed by atoms with E-state index in [9.17, 15) is 4.79 Å². The summed E-state index contributed by atoms with van der Waals surface area (Å²) in [5.74, 6) is 0.163. The maximum atomic E-state index is 12.7. The van der Waals surface area contributed by atoms with Crippen LogP contribution < -0.4 is 5.32 Å². The number of rotatable bonds is 7. The quantitative estimate of drug-likeness (QED) is 0.599. The molecule has 0 saturated carbocycles. The van der Waals surface area contributed by atoms with Crippen molar-refractivity contribution in [3.63, 3.8) is 0 Å². The van der Waals surface area contributed by atoms with Crippen molar-refractivity contribution in [2.24, 2.45) is 0 Å². The molecule has 0 aliphatic carbocycles. The molecule has 2 aromatic carbocycles. The number of nitrogens with zero attached hydrogens (tertiary/aromatic N) is 1. The van der Waals surface area contributed by atoms with Gasteiger partial charge in [-0.2, -0.15) is 0 Å². The molecule has 1 heterocycles. The van der Waals surface area contributed by atoms with Crippen LogP contribution in [0.1, 0.15) is 56.2 Å². The number of para-hydroxylation sites is 1. The number of amides is 1. The average molecular weight is 363 g/mol. The van der Waals surface area contributed by atoms with E-state index in [2.05, 4.69) is 92.3 Å². The molecule has 0 radical (unpaired) electrons. The fourth-order valence-corrected chi connectivity index (χ4v) is 3.64. The van der Waals surface area contributed by atoms with Crippen molar-refractivity contribution in [3.05, 3.63) is 71.4 Å². The van der Waals surface area contributed by atoms with Crippen molar-refractivity contribution >= 4 is 16.8 Å². The Morgan fingerprint density at radius 2 is 1.78 bits per heavy atom. The largest absolute Gasteiger partial charge is 0.354 e. The molecule has 3 heteroatoms. The highest BCUT2D eigenvalue weighted by atomic mass is 16.1. The number of carbonyl (C=O) groups is 1. The van der Waals surface area contributed by atoms with Gasteiger partial charge in [0.25, 0.3) is 0 Å². The van der Waals surface area contributed by atoms with Crippen LogP contribution in [-0.4, -0.2) is 16.5 Å². The second-order valence-corrected chi connectivity index (χ2v) is 7.43. The van der Waals surface area contributed by atoms with Crippen LogP contribution in [0.25, 0.3) is 10.9 Å². The smallest absolute Gasteiger partial charge is 0.221 e. The van der Waals surface area contributed by atoms with Crippen LogP contribution in [0.3, 0.4) is 0 Å². The van der Waals surface area contributed by atoms with Gasteiger partial charge >= 0.3 is 0 Å². The summed E-state index contributed by atoms with van der Waals surface area (Å²) in [6.45, 7) is 9.32. The minimum atomic E-state index is 0.0485. The predicted octanol–water partition coefficient (Wildman–Crippen LogP) is 5.41. The van der Waals surface area contributed by atoms with Gasteiger partial charge in [-0.15, -0.1) is 0 Å². The molecule has 0 bridgehead atoms. The maximum Gasteiger partial charge on any atom is 0.221 e. The minimum absolute atomic E-state index is 0.0485. The van der Waals surface area contributed by atoms with Crippen molar-refractivity contribution in [1.82, 2.24) is 9.88 Å². The van der Waals surface area contributed by atoms with Gasteiger partial charge in [0.2, 0.25) is 5.91 Å². The van der Waals surface area contributed by atoms with Crippen LogP contribution in [0.2, 0.25) is 0 Å². The van der Waals surface area contributed by atoms with E-state index in [-0.39, 0.29) is 17.9 Å². The zero-order valence-electron chi connectivity index (χ0n) is 16.8. The number of aryl methyl sites for hydroxylation is 2. The third-order valence-corrected chi connectivity index (χ3v) is 5.42. The van der Waals surface area contributed by atoms with Crippen molar-refractivity contribution in [1.29, 1.82) is 0 Å². The molecule has 0 aliphatic rings. The molecule has 0 aliphatic heterocycles. The van der Waals surface area contributed by atoms with Crippen molar-refractivity contribution in [3.8, 4) is 0 Å². The standard InChI is InChI=1S/C24H30N2O/c1-5-18(4)25-24(27)15-21(19-13-11-17(3)12-14-19)22-16-26(6-2)23-10-8-7-9-20(22)23/h7-14,16,18,21H,5-6,15H2,1-4H3,(H,25,27)/t18-,21+/m1/s1. The number of fused-ring (bicyclic) bond motifs is 1. The fourth-order valence-electron chi connectivity index (χ4n) is 3.64. The van der Waals surface area contributed by atoms with E-state index >= 15 is 0 Å². The van der Waals surface area contributed by atoms with E-state index in [4.69, 9.17) is 0 Å². The fraction of sp³-hybridized carbons (Fsp3) is 0.375. The maximum absolute atomic E-state index is 12.7. The molecule has 0 saturated heterocycles. The lowest BCUT2D eigenvalue weighted by Gasteiger charge is -2.19. The summed E-state index contributed by atoms with van der Waals surface area (Å²) in [6.07, 6.45) is 3.63. The van der Waals surface area contributed by atoms with Crippen molar-refractivity contribution in [2.75, 3.05) is 0 Å². The first-order chi connectivity index (χ1) is 13.0. The number of hydrogen-bond acceptors (Lipinski definition) is 1. The van der Waals surface area contributed by atoms with Gasteiger partial charge in [0.1, 0.15) is 0 Å². The molecular formula is C24H30N2O. The normalized spacial score (nSPS) is 13.5. The number of carbonyl (C=O) groups excluding carboxylic acids is 1. The number of nitrogens with one attached hydrogen (secondary N) is 1. The van der Waals surface area contributed by atoms with Crippen LogP contribution in [0.15, 0.2) is 54.7 Å². The van der Waals surface area contributed by atoms with E-state index in [1.165, 1.54) is 27.6 Å². The summed E-state index contributed by atoms with van der Waals surface area (Å²) in [7, 11) is 0. The predicted molar refractivity (Wildman–Crippen MR) is 113 cm³/mol. The Balaban J connectivity index is 2.04. The highest BCUT2D eigenvalue weighted by Gasteiger charge is 2.23. The molecule has 1 amide bonds. The van der Waals surface area contributed by atoms with Gasteiger partial charge in [0, 0.05) is 42.0 Å². The lowest BCUT2D eigenvalue weighted by atomic mass is 9.87. The molecule has 3 aromatic rings. The van der Waals surface area contributed by atoms with E-state index in [1.807, 2.05) is 0 Å². The SMILES string of the molecule is CC[C@@H](C)NC(=O)C[C@@H](c1ccc(C)cc1)c1cn(CC)c2ccccc12. The molecule has 3 rings (SSSR count). The molecule has 0 spiro atoms. The third-order valence-electron chi connectivity index (χ3n) is 5.42. The molecule has 27 heavy (non-hydrogen) atoms. The van der Waals surface area contributed by atoms with Crippen LogP contribution >= 0.6 is 0 Å². The summed E-state index contributed by atoms with van der Waals surface area (Å²) >= 11 is 0. The Hall–Kier alpha value is -2.55. The third kappa shape index (κ3) is 4.24. The van der Waals surface area contributed by atoms with Crippen molar-refractivity contribution in [2.45, 2.75) is 59.0 Å². The Labute approximate surface area is 162 Å². The van der Waals surface area contributed by atoms with Gasteiger partial charge in [0.15, 0.2) is 0 Å². The molecule has 1 aromatic heterocycles. The highest BCUT2D eigenvalue weighted by molar-refractivity contribution is 5.86. The monoisotopic (exact) mass is 362 g/mol. The highest BCUT2D eigenvalue weighted by Crippen LogP contribution is 2.35. The molecule has 0 unspecified atom stereocenters. The lowest BCUT2D eigenvalue weighted by molar-refractivity contribution is -0.121. The molecule has 142 valence electrons. The van der Waals surface area contributed by atoms with Crippen LogP contribution in [0.4, 0.5) is 0 Å². The number of hydrogen-bond donors (Lipinski definition) is 1. The summed E-state index contributed by atoms with van der Waals surface area (Å²) in [5.41, 5.74) is 4.89. The van der Waals surface area contributed by atoms with Crippen LogP contribution in [-0.2, 0) is 11.3 Å². The molecule has 2 atom stereocenters. The molecule has 1 N–H and O–H groups in total. The zero-order valence-corrected chi connectivity index (χ0v) is 16.8. The van der Waals surface area contributed by atoms with Crippen LogP contribution in [0, 0.1) is 6.92 Å². The molecular weight excluding hydrogens is 332 g/mol. The van der Waals surface area contributed by atoms with E-state index in [0.717, 1.165) is 13.0 Å². The number of aromatic nitrogens is 1. The van der Waals surface area contributed by atoms with Gasteiger partial charge in [-0.05, 0) is 44.4 Å². The average Bonchev–Trinajstić information content (AvgIpc) is 3.05. The summed E-state index contributed by atoms with van der Waals surface area (Å²) in [6, 6.07) is 17.3. The Morgan fingerprint density at radius 1 is 1.07 bits per heavy atom. The topological polar surface area (TPSA) is 34.0 Å². The van der Waals surface area contributed by atoms with E-state index in [1.54, 1.807) is 0 Å². The van der Waals surface area contributed by atoms with Crippen LogP contribution in [0.5, 0.6) is 0 Å².